The number of ether oxygens (including phenoxy) is 1. The number of halogens is 1. The van der Waals surface area contributed by atoms with Gasteiger partial charge in [-0.15, -0.1) is 0 Å². The van der Waals surface area contributed by atoms with Gasteiger partial charge in [-0.25, -0.2) is 9.50 Å². The zero-order valence-electron chi connectivity index (χ0n) is 15.1. The maximum Gasteiger partial charge on any atom is 0.311 e. The molecular weight excluding hydrogens is 370 g/mol. The normalized spacial score (nSPS) is 12.0. The Morgan fingerprint density at radius 2 is 2.11 bits per heavy atom. The first-order valence-corrected chi connectivity index (χ1v) is 8.64. The summed E-state index contributed by atoms with van der Waals surface area (Å²) in [5.41, 5.74) is 2.65. The molecule has 0 fully saturated rings. The van der Waals surface area contributed by atoms with Gasteiger partial charge in [-0.05, 0) is 39.0 Å². The molecule has 0 spiro atoms. The van der Waals surface area contributed by atoms with Crippen molar-refractivity contribution in [1.82, 2.24) is 19.6 Å². The summed E-state index contributed by atoms with van der Waals surface area (Å²) in [6, 6.07) is 6.72. The minimum atomic E-state index is -0.958. The van der Waals surface area contributed by atoms with E-state index in [1.54, 1.807) is 35.7 Å². The first-order valence-electron chi connectivity index (χ1n) is 8.27. The second-order valence-electron chi connectivity index (χ2n) is 6.04. The molecule has 27 heavy (non-hydrogen) atoms. The van der Waals surface area contributed by atoms with Crippen LogP contribution in [0.4, 0.5) is 5.69 Å². The Labute approximate surface area is 160 Å². The Hall–Kier alpha value is -3.00. The fraction of sp³-hybridized carbons (Fsp3) is 0.278. The van der Waals surface area contributed by atoms with Crippen molar-refractivity contribution in [3.05, 3.63) is 52.6 Å². The number of esters is 1. The van der Waals surface area contributed by atoms with Gasteiger partial charge < -0.3 is 10.1 Å². The Kier molecular flexibility index (Phi) is 5.36. The van der Waals surface area contributed by atoms with Crippen molar-refractivity contribution in [3.63, 3.8) is 0 Å². The largest absolute Gasteiger partial charge is 0.452 e. The molecule has 3 rings (SSSR count). The lowest BCUT2D eigenvalue weighted by Gasteiger charge is -2.15. The number of aromatic nitrogens is 4. The molecule has 0 unspecified atom stereocenters. The van der Waals surface area contributed by atoms with Crippen molar-refractivity contribution in [3.8, 4) is 0 Å². The molecule has 1 aromatic carbocycles. The molecule has 1 amide bonds. The fourth-order valence-corrected chi connectivity index (χ4v) is 2.85. The van der Waals surface area contributed by atoms with Crippen LogP contribution in [0.15, 0.2) is 30.6 Å². The molecule has 8 nitrogen and oxygen atoms in total. The van der Waals surface area contributed by atoms with E-state index in [2.05, 4.69) is 20.4 Å². The minimum Gasteiger partial charge on any atom is -0.452 e. The number of anilines is 1. The molecule has 1 N–H and O–H groups in total. The zero-order chi connectivity index (χ0) is 19.6. The number of hydrogen-bond donors (Lipinski definition) is 1. The highest BCUT2D eigenvalue weighted by Crippen LogP contribution is 2.16. The molecule has 9 heteroatoms. The lowest BCUT2D eigenvalue weighted by atomic mass is 10.1. The number of fused-ring (bicyclic) bond motifs is 1. The van der Waals surface area contributed by atoms with Crippen LogP contribution in [0.2, 0.25) is 5.02 Å². The maximum atomic E-state index is 12.3. The van der Waals surface area contributed by atoms with Gasteiger partial charge in [0.2, 0.25) is 0 Å². The minimum absolute atomic E-state index is 0.0186. The van der Waals surface area contributed by atoms with E-state index >= 15 is 0 Å². The van der Waals surface area contributed by atoms with E-state index in [4.69, 9.17) is 16.3 Å². The number of nitrogens with one attached hydrogen (secondary N) is 1. The number of nitrogens with zero attached hydrogens (tertiary/aromatic N) is 4. The van der Waals surface area contributed by atoms with Crippen molar-refractivity contribution in [2.45, 2.75) is 33.3 Å². The highest BCUT2D eigenvalue weighted by Gasteiger charge is 2.21. The van der Waals surface area contributed by atoms with Gasteiger partial charge in [0.05, 0.1) is 6.42 Å². The Balaban J connectivity index is 1.66. The number of benzene rings is 1. The van der Waals surface area contributed by atoms with Gasteiger partial charge in [0.15, 0.2) is 6.10 Å². The molecule has 0 saturated carbocycles. The second kappa shape index (κ2) is 7.71. The monoisotopic (exact) mass is 387 g/mol. The molecule has 0 aliphatic rings. The zero-order valence-corrected chi connectivity index (χ0v) is 15.8. The summed E-state index contributed by atoms with van der Waals surface area (Å²) in [4.78, 5) is 32.9. The van der Waals surface area contributed by atoms with Gasteiger partial charge in [0.1, 0.15) is 6.33 Å². The van der Waals surface area contributed by atoms with Crippen LogP contribution in [-0.4, -0.2) is 37.6 Å². The average molecular weight is 388 g/mol. The van der Waals surface area contributed by atoms with Crippen LogP contribution in [0.25, 0.3) is 5.78 Å². The molecule has 3 aromatic rings. The van der Waals surface area contributed by atoms with Crippen molar-refractivity contribution >= 4 is 34.9 Å². The molecule has 0 aliphatic carbocycles. The SMILES string of the molecule is Cc1nc2ncnn2c(C)c1CC(=O)O[C@H](C)C(=O)Nc1cccc(Cl)c1. The van der Waals surface area contributed by atoms with Gasteiger partial charge in [-0.1, -0.05) is 17.7 Å². The van der Waals surface area contributed by atoms with Crippen LogP contribution in [0.5, 0.6) is 0 Å². The average Bonchev–Trinajstić information content (AvgIpc) is 3.07. The van der Waals surface area contributed by atoms with E-state index in [1.807, 2.05) is 6.92 Å². The summed E-state index contributed by atoms with van der Waals surface area (Å²) in [7, 11) is 0. The number of carbonyl (C=O) groups is 2. The topological polar surface area (TPSA) is 98.5 Å². The number of hydrogen-bond acceptors (Lipinski definition) is 6. The van der Waals surface area contributed by atoms with Crippen molar-refractivity contribution in [1.29, 1.82) is 0 Å². The van der Waals surface area contributed by atoms with Gasteiger partial charge in [0.25, 0.3) is 11.7 Å². The molecular formula is C18H18ClN5O3. The number of amides is 1. The molecule has 0 radical (unpaired) electrons. The summed E-state index contributed by atoms with van der Waals surface area (Å²) < 4.78 is 6.83. The summed E-state index contributed by atoms with van der Waals surface area (Å²) in [6.45, 7) is 5.13. The second-order valence-corrected chi connectivity index (χ2v) is 6.48. The predicted octanol–water partition coefficient (Wildman–Crippen LogP) is 2.51. The Morgan fingerprint density at radius 1 is 1.33 bits per heavy atom. The first-order chi connectivity index (χ1) is 12.8. The number of aryl methyl sites for hydroxylation is 2. The summed E-state index contributed by atoms with van der Waals surface area (Å²) in [6.07, 6.45) is 0.425. The quantitative estimate of drug-likeness (QED) is 0.675. The molecule has 2 aromatic heterocycles. The smallest absolute Gasteiger partial charge is 0.311 e. The Morgan fingerprint density at radius 3 is 2.85 bits per heavy atom. The van der Waals surface area contributed by atoms with Crippen molar-refractivity contribution < 1.29 is 14.3 Å². The standard InChI is InChI=1S/C18H18ClN5O3/c1-10-15(11(2)24-18(22-10)20-9-21-24)8-16(25)27-12(3)17(26)23-14-6-4-5-13(19)7-14/h4-7,9,12H,8H2,1-3H3,(H,23,26)/t12-/m1/s1. The predicted molar refractivity (Wildman–Crippen MR) is 99.6 cm³/mol. The summed E-state index contributed by atoms with van der Waals surface area (Å²) in [5.74, 6) is -0.503. The van der Waals surface area contributed by atoms with Crippen LogP contribution in [0.3, 0.4) is 0 Å². The highest BCUT2D eigenvalue weighted by atomic mass is 35.5. The fourth-order valence-electron chi connectivity index (χ4n) is 2.66. The van der Waals surface area contributed by atoms with E-state index < -0.39 is 18.0 Å². The van der Waals surface area contributed by atoms with Gasteiger partial charge in [-0.3, -0.25) is 9.59 Å². The van der Waals surface area contributed by atoms with Crippen molar-refractivity contribution in [2.75, 3.05) is 5.32 Å². The Bertz CT molecular complexity index is 1020. The molecule has 0 bridgehead atoms. The summed E-state index contributed by atoms with van der Waals surface area (Å²) >= 11 is 5.89. The maximum absolute atomic E-state index is 12.3. The third kappa shape index (κ3) is 4.22. The van der Waals surface area contributed by atoms with E-state index in [-0.39, 0.29) is 6.42 Å². The van der Waals surface area contributed by atoms with E-state index in [9.17, 15) is 9.59 Å². The molecule has 0 aliphatic heterocycles. The van der Waals surface area contributed by atoms with Gasteiger partial charge >= 0.3 is 5.97 Å². The lowest BCUT2D eigenvalue weighted by Crippen LogP contribution is -2.30. The van der Waals surface area contributed by atoms with Gasteiger partial charge in [0, 0.05) is 27.7 Å². The van der Waals surface area contributed by atoms with Crippen LogP contribution in [0.1, 0.15) is 23.9 Å². The van der Waals surface area contributed by atoms with E-state index in [0.29, 0.717) is 27.7 Å². The third-order valence-electron chi connectivity index (χ3n) is 4.08. The summed E-state index contributed by atoms with van der Waals surface area (Å²) in [5, 5.41) is 7.25. The molecule has 0 saturated heterocycles. The van der Waals surface area contributed by atoms with Gasteiger partial charge in [-0.2, -0.15) is 10.1 Å². The molecule has 1 atom stereocenters. The van der Waals surface area contributed by atoms with E-state index in [1.165, 1.54) is 13.3 Å². The number of rotatable bonds is 5. The third-order valence-corrected chi connectivity index (χ3v) is 4.31. The highest BCUT2D eigenvalue weighted by molar-refractivity contribution is 6.30. The van der Waals surface area contributed by atoms with Crippen LogP contribution in [-0.2, 0) is 20.7 Å². The van der Waals surface area contributed by atoms with Crippen LogP contribution < -0.4 is 5.32 Å². The number of carbonyl (C=O) groups excluding carboxylic acids is 2. The van der Waals surface area contributed by atoms with Crippen LogP contribution >= 0.6 is 11.6 Å². The van der Waals surface area contributed by atoms with Crippen LogP contribution in [0, 0.1) is 13.8 Å². The first kappa shape index (κ1) is 18.8. The molecule has 2 heterocycles. The lowest BCUT2D eigenvalue weighted by molar-refractivity contribution is -0.152. The van der Waals surface area contributed by atoms with E-state index in [0.717, 1.165) is 5.69 Å². The van der Waals surface area contributed by atoms with Crippen molar-refractivity contribution in [2.24, 2.45) is 0 Å². The molecule has 140 valence electrons.